The van der Waals surface area contributed by atoms with Gasteiger partial charge in [-0.05, 0) is 68.9 Å². The van der Waals surface area contributed by atoms with E-state index < -0.39 is 16.1 Å². The average Bonchev–Trinajstić information content (AvgIpc) is 2.77. The second-order valence-corrected chi connectivity index (χ2v) is 12.0. The number of hydrogen-bond donors (Lipinski definition) is 1. The smallest absolute Gasteiger partial charge is 0.242 e. The Kier molecular flexibility index (Phi) is 10.5. The molecule has 7 nitrogen and oxygen atoms in total. The lowest BCUT2D eigenvalue weighted by Crippen LogP contribution is -2.48. The molecule has 2 aromatic rings. The maximum atomic E-state index is 13.4. The predicted octanol–water partition coefficient (Wildman–Crippen LogP) is 4.35. The molecule has 2 aromatic carbocycles. The van der Waals surface area contributed by atoms with Gasteiger partial charge in [0, 0.05) is 26.1 Å². The molecular formula is C28H41N3O4S. The van der Waals surface area contributed by atoms with Crippen molar-refractivity contribution in [3.05, 3.63) is 64.7 Å². The van der Waals surface area contributed by atoms with Gasteiger partial charge in [-0.25, -0.2) is 8.42 Å². The molecule has 1 N–H and O–H groups in total. The molecule has 0 saturated heterocycles. The number of sulfonamides is 1. The zero-order valence-electron chi connectivity index (χ0n) is 22.7. The summed E-state index contributed by atoms with van der Waals surface area (Å²) in [4.78, 5) is 27.7. The summed E-state index contributed by atoms with van der Waals surface area (Å²) in [5.74, 6) is -0.0801. The Bertz CT molecular complexity index is 1120. The second kappa shape index (κ2) is 12.9. The second-order valence-electron chi connectivity index (χ2n) is 10.1. The van der Waals surface area contributed by atoms with Crippen LogP contribution >= 0.6 is 0 Å². The van der Waals surface area contributed by atoms with Gasteiger partial charge in [0.1, 0.15) is 6.04 Å². The molecule has 8 heteroatoms. The maximum Gasteiger partial charge on any atom is 0.242 e. The van der Waals surface area contributed by atoms with Crippen LogP contribution in [0.2, 0.25) is 0 Å². The Morgan fingerprint density at radius 3 is 2.03 bits per heavy atom. The van der Waals surface area contributed by atoms with Crippen LogP contribution in [0.25, 0.3) is 0 Å². The van der Waals surface area contributed by atoms with E-state index in [1.54, 1.807) is 11.8 Å². The highest BCUT2D eigenvalue weighted by Crippen LogP contribution is 2.22. The van der Waals surface area contributed by atoms with E-state index in [0.29, 0.717) is 31.1 Å². The van der Waals surface area contributed by atoms with Crippen molar-refractivity contribution in [1.82, 2.24) is 10.2 Å². The van der Waals surface area contributed by atoms with Gasteiger partial charge in [-0.3, -0.25) is 13.9 Å². The third-order valence-corrected chi connectivity index (χ3v) is 7.17. The first-order chi connectivity index (χ1) is 16.8. The molecule has 0 bridgehead atoms. The van der Waals surface area contributed by atoms with Crippen LogP contribution < -0.4 is 9.62 Å². The van der Waals surface area contributed by atoms with E-state index >= 15 is 0 Å². The number of rotatable bonds is 12. The lowest BCUT2D eigenvalue weighted by Gasteiger charge is -2.30. The van der Waals surface area contributed by atoms with Crippen LogP contribution in [0.1, 0.15) is 55.9 Å². The number of carbonyl (C=O) groups excluding carboxylic acids is 2. The fraction of sp³-hybridized carbons (Fsp3) is 0.500. The van der Waals surface area contributed by atoms with E-state index in [2.05, 4.69) is 5.32 Å². The fourth-order valence-corrected chi connectivity index (χ4v) is 4.97. The van der Waals surface area contributed by atoms with Crippen LogP contribution in [0, 0.1) is 26.7 Å². The van der Waals surface area contributed by atoms with Crippen molar-refractivity contribution < 1.29 is 18.0 Å². The molecule has 0 saturated carbocycles. The van der Waals surface area contributed by atoms with Crippen molar-refractivity contribution in [1.29, 1.82) is 0 Å². The number of benzene rings is 2. The molecule has 2 amide bonds. The Labute approximate surface area is 216 Å². The number of nitrogens with zero attached hydrogens (tertiary/aromatic N) is 2. The summed E-state index contributed by atoms with van der Waals surface area (Å²) in [6.07, 6.45) is 1.64. The number of aryl methyl sites for hydroxylation is 3. The number of carbonyl (C=O) groups is 2. The molecule has 2 rings (SSSR count). The first-order valence-electron chi connectivity index (χ1n) is 12.5. The normalized spacial score (nSPS) is 12.3. The Balaban J connectivity index is 2.18. The maximum absolute atomic E-state index is 13.4. The van der Waals surface area contributed by atoms with Crippen molar-refractivity contribution in [2.75, 3.05) is 23.7 Å². The van der Waals surface area contributed by atoms with Gasteiger partial charge in [0.05, 0.1) is 11.9 Å². The van der Waals surface area contributed by atoms with Crippen LogP contribution in [0.15, 0.2) is 42.5 Å². The molecule has 0 spiro atoms. The summed E-state index contributed by atoms with van der Waals surface area (Å²) in [6.45, 7) is 12.6. The average molecular weight is 516 g/mol. The number of hydrogen-bond acceptors (Lipinski definition) is 4. The van der Waals surface area contributed by atoms with Crippen molar-refractivity contribution >= 4 is 27.5 Å². The zero-order valence-corrected chi connectivity index (χ0v) is 23.5. The van der Waals surface area contributed by atoms with Crippen LogP contribution in [-0.4, -0.2) is 50.5 Å². The summed E-state index contributed by atoms with van der Waals surface area (Å²) in [5, 5.41) is 2.92. The van der Waals surface area contributed by atoms with E-state index in [1.165, 1.54) is 10.6 Å². The zero-order chi connectivity index (χ0) is 27.0. The van der Waals surface area contributed by atoms with Gasteiger partial charge in [-0.2, -0.15) is 0 Å². The first kappa shape index (κ1) is 29.4. The topological polar surface area (TPSA) is 86.8 Å². The minimum atomic E-state index is -3.52. The van der Waals surface area contributed by atoms with Crippen LogP contribution in [0.3, 0.4) is 0 Å². The highest BCUT2D eigenvalue weighted by molar-refractivity contribution is 7.92. The van der Waals surface area contributed by atoms with Crippen LogP contribution in [0.5, 0.6) is 0 Å². The molecule has 0 fully saturated rings. The summed E-state index contributed by atoms with van der Waals surface area (Å²) < 4.78 is 26.4. The molecule has 0 aliphatic heterocycles. The minimum Gasteiger partial charge on any atom is -0.354 e. The molecule has 0 unspecified atom stereocenters. The van der Waals surface area contributed by atoms with E-state index in [9.17, 15) is 18.0 Å². The lowest BCUT2D eigenvalue weighted by molar-refractivity contribution is -0.140. The molecular weight excluding hydrogens is 474 g/mol. The summed E-state index contributed by atoms with van der Waals surface area (Å²) in [6, 6.07) is 12.9. The number of anilines is 1. The highest BCUT2D eigenvalue weighted by Gasteiger charge is 2.26. The van der Waals surface area contributed by atoms with Gasteiger partial charge in [-0.1, -0.05) is 49.7 Å². The number of nitrogens with one attached hydrogen (secondary N) is 1. The van der Waals surface area contributed by atoms with E-state index in [1.807, 2.05) is 77.1 Å². The van der Waals surface area contributed by atoms with Crippen molar-refractivity contribution in [2.45, 2.75) is 67.0 Å². The van der Waals surface area contributed by atoms with Gasteiger partial charge < -0.3 is 10.2 Å². The minimum absolute atomic E-state index is 0.129. The summed E-state index contributed by atoms with van der Waals surface area (Å²) in [7, 11) is -3.52. The van der Waals surface area contributed by atoms with Gasteiger partial charge in [0.15, 0.2) is 0 Å². The van der Waals surface area contributed by atoms with Gasteiger partial charge in [0.2, 0.25) is 21.8 Å². The first-order valence-corrected chi connectivity index (χ1v) is 14.3. The molecule has 0 aliphatic carbocycles. The van der Waals surface area contributed by atoms with Crippen LogP contribution in [0.4, 0.5) is 5.69 Å². The van der Waals surface area contributed by atoms with Crippen molar-refractivity contribution in [3.63, 3.8) is 0 Å². The molecule has 1 atom stereocenters. The third-order valence-electron chi connectivity index (χ3n) is 5.97. The Morgan fingerprint density at radius 1 is 0.917 bits per heavy atom. The standard InChI is InChI=1S/C28H41N3O4S/c1-20(2)18-29-28(33)24(6)30(19-25-12-10-21(3)11-13-25)27(32)9-8-14-31(36(7,34)35)26-16-22(4)15-23(5)17-26/h10-13,15-17,20,24H,8-9,14,18-19H2,1-7H3,(H,29,33)/t24-/m0/s1. The monoisotopic (exact) mass is 515 g/mol. The van der Waals surface area contributed by atoms with Gasteiger partial charge in [0.25, 0.3) is 0 Å². The SMILES string of the molecule is Cc1ccc(CN(C(=O)CCCN(c2cc(C)cc(C)c2)S(C)(=O)=O)[C@@H](C)C(=O)NCC(C)C)cc1. The molecule has 198 valence electrons. The molecule has 0 radical (unpaired) electrons. The Hall–Kier alpha value is -2.87. The van der Waals surface area contributed by atoms with Gasteiger partial charge in [-0.15, -0.1) is 0 Å². The fourth-order valence-electron chi connectivity index (χ4n) is 4.02. The van der Waals surface area contributed by atoms with Crippen molar-refractivity contribution in [3.8, 4) is 0 Å². The molecule has 0 aliphatic rings. The molecule has 0 heterocycles. The van der Waals surface area contributed by atoms with Crippen LogP contribution in [-0.2, 0) is 26.2 Å². The van der Waals surface area contributed by atoms with E-state index in [0.717, 1.165) is 22.3 Å². The molecule has 36 heavy (non-hydrogen) atoms. The van der Waals surface area contributed by atoms with Gasteiger partial charge >= 0.3 is 0 Å². The molecule has 0 aromatic heterocycles. The highest BCUT2D eigenvalue weighted by atomic mass is 32.2. The quantitative estimate of drug-likeness (QED) is 0.455. The summed E-state index contributed by atoms with van der Waals surface area (Å²) >= 11 is 0. The third kappa shape index (κ3) is 8.97. The summed E-state index contributed by atoms with van der Waals surface area (Å²) in [5.41, 5.74) is 4.60. The lowest BCUT2D eigenvalue weighted by atomic mass is 10.1. The largest absolute Gasteiger partial charge is 0.354 e. The van der Waals surface area contributed by atoms with E-state index in [-0.39, 0.29) is 24.8 Å². The Morgan fingerprint density at radius 2 is 1.50 bits per heavy atom. The predicted molar refractivity (Wildman–Crippen MR) is 146 cm³/mol. The van der Waals surface area contributed by atoms with Crippen molar-refractivity contribution in [2.24, 2.45) is 5.92 Å². The van der Waals surface area contributed by atoms with E-state index in [4.69, 9.17) is 0 Å². The number of amides is 2.